The molecule has 0 unspecified atom stereocenters. The van der Waals surface area contributed by atoms with Gasteiger partial charge in [-0.25, -0.2) is 9.97 Å². The summed E-state index contributed by atoms with van der Waals surface area (Å²) in [5, 5.41) is 8.42. The average molecular weight is 134 g/mol. The molecule has 10 heavy (non-hydrogen) atoms. The number of hydrogen-bond donors (Lipinski definition) is 1. The molecule has 0 spiro atoms. The fourth-order valence-corrected chi connectivity index (χ4v) is 0.573. The van der Waals surface area contributed by atoms with Crippen LogP contribution >= 0.6 is 0 Å². The molecule has 0 radical (unpaired) electrons. The number of aromatic nitrogens is 2. The molecule has 4 nitrogen and oxygen atoms in total. The van der Waals surface area contributed by atoms with E-state index in [1.807, 2.05) is 6.07 Å². The molecule has 1 aromatic heterocycles. The highest BCUT2D eigenvalue weighted by Crippen LogP contribution is 2.08. The van der Waals surface area contributed by atoms with Gasteiger partial charge < -0.3 is 5.73 Å². The average Bonchev–Trinajstić information content (AvgIpc) is 1.95. The number of nitrogens with zero attached hydrogens (tertiary/aromatic N) is 3. The number of nitrogen functional groups attached to an aromatic ring is 1. The lowest BCUT2D eigenvalue weighted by Gasteiger charge is -1.96. The second-order valence-electron chi connectivity index (χ2n) is 1.83. The summed E-state index contributed by atoms with van der Waals surface area (Å²) in [4.78, 5) is 7.46. The lowest BCUT2D eigenvalue weighted by Crippen LogP contribution is -1.98. The van der Waals surface area contributed by atoms with Gasteiger partial charge in [0.05, 0.1) is 11.4 Å². The first kappa shape index (κ1) is 6.49. The van der Waals surface area contributed by atoms with E-state index in [-0.39, 0.29) is 5.69 Å². The van der Waals surface area contributed by atoms with Gasteiger partial charge in [0.1, 0.15) is 12.4 Å². The summed E-state index contributed by atoms with van der Waals surface area (Å²) in [6, 6.07) is 1.86. The summed E-state index contributed by atoms with van der Waals surface area (Å²) in [6.45, 7) is 1.73. The number of hydrogen-bond acceptors (Lipinski definition) is 4. The molecule has 0 saturated carbocycles. The van der Waals surface area contributed by atoms with Crippen LogP contribution in [-0.4, -0.2) is 9.97 Å². The van der Waals surface area contributed by atoms with Gasteiger partial charge >= 0.3 is 0 Å². The predicted octanol–water partition coefficient (Wildman–Crippen LogP) is 0.239. The summed E-state index contributed by atoms with van der Waals surface area (Å²) in [5.74, 6) is 0. The number of anilines is 1. The summed E-state index contributed by atoms with van der Waals surface area (Å²) < 4.78 is 0. The zero-order chi connectivity index (χ0) is 7.56. The van der Waals surface area contributed by atoms with E-state index in [1.54, 1.807) is 6.92 Å². The van der Waals surface area contributed by atoms with Crippen LogP contribution in [0.1, 0.15) is 11.4 Å². The van der Waals surface area contributed by atoms with Crippen molar-refractivity contribution in [2.24, 2.45) is 0 Å². The van der Waals surface area contributed by atoms with Crippen molar-refractivity contribution in [3.63, 3.8) is 0 Å². The van der Waals surface area contributed by atoms with Crippen LogP contribution in [0.4, 0.5) is 5.69 Å². The van der Waals surface area contributed by atoms with Crippen molar-refractivity contribution in [1.29, 1.82) is 5.26 Å². The Balaban J connectivity index is 3.31. The van der Waals surface area contributed by atoms with Gasteiger partial charge in [-0.1, -0.05) is 0 Å². The highest BCUT2D eigenvalue weighted by atomic mass is 14.9. The molecule has 2 N–H and O–H groups in total. The lowest BCUT2D eigenvalue weighted by atomic mass is 10.3. The molecular weight excluding hydrogens is 128 g/mol. The normalized spacial score (nSPS) is 8.80. The van der Waals surface area contributed by atoms with Crippen LogP contribution in [-0.2, 0) is 0 Å². The summed E-state index contributed by atoms with van der Waals surface area (Å²) in [5.41, 5.74) is 6.70. The quantitative estimate of drug-likeness (QED) is 0.551. The first-order valence-corrected chi connectivity index (χ1v) is 2.73. The summed E-state index contributed by atoms with van der Waals surface area (Å²) in [7, 11) is 0. The van der Waals surface area contributed by atoms with Crippen molar-refractivity contribution < 1.29 is 0 Å². The minimum absolute atomic E-state index is 0.243. The van der Waals surface area contributed by atoms with Crippen LogP contribution in [0.15, 0.2) is 6.33 Å². The Kier molecular flexibility index (Phi) is 1.50. The Bertz CT molecular complexity index is 286. The SMILES string of the molecule is Cc1ncnc(C#N)c1N. The van der Waals surface area contributed by atoms with Gasteiger partial charge in [-0.3, -0.25) is 0 Å². The molecule has 50 valence electrons. The molecular formula is C6H6N4. The molecule has 0 amide bonds. The third-order valence-electron chi connectivity index (χ3n) is 1.19. The molecule has 0 aliphatic carbocycles. The lowest BCUT2D eigenvalue weighted by molar-refractivity contribution is 1.09. The Morgan fingerprint density at radius 2 is 2.30 bits per heavy atom. The van der Waals surface area contributed by atoms with Crippen molar-refractivity contribution in [1.82, 2.24) is 9.97 Å². The van der Waals surface area contributed by atoms with E-state index in [2.05, 4.69) is 9.97 Å². The van der Waals surface area contributed by atoms with Crippen LogP contribution in [0.3, 0.4) is 0 Å². The van der Waals surface area contributed by atoms with Gasteiger partial charge in [-0.05, 0) is 6.92 Å². The second kappa shape index (κ2) is 2.31. The van der Waals surface area contributed by atoms with Crippen molar-refractivity contribution in [3.8, 4) is 6.07 Å². The molecule has 1 aromatic rings. The van der Waals surface area contributed by atoms with E-state index in [9.17, 15) is 0 Å². The molecule has 0 bridgehead atoms. The maximum atomic E-state index is 8.42. The van der Waals surface area contributed by atoms with Gasteiger partial charge in [-0.15, -0.1) is 0 Å². The van der Waals surface area contributed by atoms with Crippen LogP contribution in [0, 0.1) is 18.3 Å². The fraction of sp³-hybridized carbons (Fsp3) is 0.167. The maximum absolute atomic E-state index is 8.42. The van der Waals surface area contributed by atoms with Crippen LogP contribution < -0.4 is 5.73 Å². The molecule has 1 heterocycles. The highest BCUT2D eigenvalue weighted by Gasteiger charge is 2.00. The molecule has 0 aromatic carbocycles. The monoisotopic (exact) mass is 134 g/mol. The standard InChI is InChI=1S/C6H6N4/c1-4-6(8)5(2-7)10-3-9-4/h3H,8H2,1H3. The van der Waals surface area contributed by atoms with Crippen molar-refractivity contribution in [2.45, 2.75) is 6.92 Å². The molecule has 1 rings (SSSR count). The minimum atomic E-state index is 0.243. The second-order valence-corrected chi connectivity index (χ2v) is 1.83. The maximum Gasteiger partial charge on any atom is 0.167 e. The van der Waals surface area contributed by atoms with E-state index in [0.29, 0.717) is 11.4 Å². The summed E-state index contributed by atoms with van der Waals surface area (Å²) >= 11 is 0. The number of nitrogens with two attached hydrogens (primary N) is 1. The molecule has 0 fully saturated rings. The van der Waals surface area contributed by atoms with Crippen LogP contribution in [0.25, 0.3) is 0 Å². The molecule has 0 atom stereocenters. The summed E-state index contributed by atoms with van der Waals surface area (Å²) in [6.07, 6.45) is 1.32. The van der Waals surface area contributed by atoms with Gasteiger partial charge in [0.2, 0.25) is 0 Å². The number of rotatable bonds is 0. The largest absolute Gasteiger partial charge is 0.395 e. The van der Waals surface area contributed by atoms with Crippen molar-refractivity contribution >= 4 is 5.69 Å². The first-order valence-electron chi connectivity index (χ1n) is 2.73. The van der Waals surface area contributed by atoms with Crippen molar-refractivity contribution in [2.75, 3.05) is 5.73 Å². The number of aryl methyl sites for hydroxylation is 1. The topological polar surface area (TPSA) is 75.6 Å². The van der Waals surface area contributed by atoms with Crippen LogP contribution in [0.5, 0.6) is 0 Å². The molecule has 0 aliphatic heterocycles. The Morgan fingerprint density at radius 3 is 2.80 bits per heavy atom. The van der Waals surface area contributed by atoms with Gasteiger partial charge in [0, 0.05) is 0 Å². The predicted molar refractivity (Wildman–Crippen MR) is 35.9 cm³/mol. The minimum Gasteiger partial charge on any atom is -0.395 e. The zero-order valence-corrected chi connectivity index (χ0v) is 5.50. The van der Waals surface area contributed by atoms with E-state index in [1.165, 1.54) is 6.33 Å². The van der Waals surface area contributed by atoms with Gasteiger partial charge in [-0.2, -0.15) is 5.26 Å². The highest BCUT2D eigenvalue weighted by molar-refractivity contribution is 5.51. The van der Waals surface area contributed by atoms with E-state index < -0.39 is 0 Å². The first-order chi connectivity index (χ1) is 4.75. The molecule has 0 aliphatic rings. The number of nitriles is 1. The Labute approximate surface area is 58.3 Å². The van der Waals surface area contributed by atoms with Crippen molar-refractivity contribution in [3.05, 3.63) is 17.7 Å². The Morgan fingerprint density at radius 1 is 1.60 bits per heavy atom. The fourth-order valence-electron chi connectivity index (χ4n) is 0.573. The third-order valence-corrected chi connectivity index (χ3v) is 1.19. The zero-order valence-electron chi connectivity index (χ0n) is 5.50. The third kappa shape index (κ3) is 0.890. The van der Waals surface area contributed by atoms with Gasteiger partial charge in [0.15, 0.2) is 5.69 Å². The van der Waals surface area contributed by atoms with E-state index >= 15 is 0 Å². The van der Waals surface area contributed by atoms with Gasteiger partial charge in [0.25, 0.3) is 0 Å². The molecule has 0 saturated heterocycles. The Hall–Kier alpha value is -1.63. The van der Waals surface area contributed by atoms with Crippen LogP contribution in [0.2, 0.25) is 0 Å². The van der Waals surface area contributed by atoms with E-state index in [0.717, 1.165) is 0 Å². The van der Waals surface area contributed by atoms with E-state index in [4.69, 9.17) is 11.0 Å². The molecule has 4 heteroatoms. The smallest absolute Gasteiger partial charge is 0.167 e.